The van der Waals surface area contributed by atoms with E-state index in [4.69, 9.17) is 4.52 Å². The molecule has 0 aliphatic carbocycles. The summed E-state index contributed by atoms with van der Waals surface area (Å²) in [7, 11) is 0. The highest BCUT2D eigenvalue weighted by molar-refractivity contribution is 5.91. The van der Waals surface area contributed by atoms with Crippen LogP contribution in [-0.4, -0.2) is 21.3 Å². The monoisotopic (exact) mass is 310 g/mol. The Kier molecular flexibility index (Phi) is 4.23. The van der Waals surface area contributed by atoms with Crippen molar-refractivity contribution < 1.29 is 9.32 Å². The number of aryl methyl sites for hydroxylation is 2. The number of rotatable bonds is 5. The maximum atomic E-state index is 12.1. The molecule has 6 nitrogen and oxygen atoms in total. The molecule has 0 saturated carbocycles. The highest BCUT2D eigenvalue weighted by Gasteiger charge is 2.11. The van der Waals surface area contributed by atoms with E-state index in [2.05, 4.69) is 20.7 Å². The van der Waals surface area contributed by atoms with Gasteiger partial charge in [0.2, 0.25) is 5.91 Å². The van der Waals surface area contributed by atoms with E-state index in [9.17, 15) is 4.79 Å². The number of carbonyl (C=O) groups is 1. The molecule has 118 valence electrons. The lowest BCUT2D eigenvalue weighted by Crippen LogP contribution is -2.12. The molecule has 0 atom stereocenters. The summed E-state index contributed by atoms with van der Waals surface area (Å²) in [6.07, 6.45) is 2.73. The van der Waals surface area contributed by atoms with E-state index in [1.165, 1.54) is 0 Å². The van der Waals surface area contributed by atoms with Gasteiger partial charge >= 0.3 is 0 Å². The van der Waals surface area contributed by atoms with E-state index < -0.39 is 0 Å². The minimum atomic E-state index is -0.0284. The summed E-state index contributed by atoms with van der Waals surface area (Å²) in [6.45, 7) is 3.75. The second kappa shape index (κ2) is 6.48. The van der Waals surface area contributed by atoms with E-state index in [1.54, 1.807) is 6.20 Å². The standard InChI is InChI=1S/C17H18N4O2/c1-11-15(12(2)23-21-11)7-8-17(22)19-14-5-3-13(4-6-14)16-9-10-18-20-16/h3-6,9-10H,7-8H2,1-2H3,(H,18,20)(H,19,22). The van der Waals surface area contributed by atoms with Gasteiger partial charge in [-0.2, -0.15) is 5.10 Å². The van der Waals surface area contributed by atoms with Crippen molar-refractivity contribution in [3.63, 3.8) is 0 Å². The predicted octanol–water partition coefficient (Wildman–Crippen LogP) is 3.25. The zero-order valence-corrected chi connectivity index (χ0v) is 13.1. The van der Waals surface area contributed by atoms with Crippen molar-refractivity contribution in [3.05, 3.63) is 53.5 Å². The van der Waals surface area contributed by atoms with E-state index in [0.29, 0.717) is 12.8 Å². The molecule has 0 unspecified atom stereocenters. The lowest BCUT2D eigenvalue weighted by atomic mass is 10.1. The molecule has 3 rings (SSSR count). The molecule has 2 N–H and O–H groups in total. The molecule has 1 aromatic carbocycles. The van der Waals surface area contributed by atoms with Gasteiger partial charge in [0.25, 0.3) is 0 Å². The van der Waals surface area contributed by atoms with E-state index in [-0.39, 0.29) is 5.91 Å². The largest absolute Gasteiger partial charge is 0.361 e. The van der Waals surface area contributed by atoms with Crippen molar-refractivity contribution in [3.8, 4) is 11.3 Å². The van der Waals surface area contributed by atoms with Gasteiger partial charge in [-0.05, 0) is 44.0 Å². The molecule has 0 aliphatic rings. The number of anilines is 1. The number of hydrogen-bond acceptors (Lipinski definition) is 4. The Hall–Kier alpha value is -2.89. The molecule has 0 bridgehead atoms. The van der Waals surface area contributed by atoms with Gasteiger partial charge in [-0.3, -0.25) is 9.89 Å². The first-order valence-electron chi connectivity index (χ1n) is 7.45. The number of amides is 1. The average molecular weight is 310 g/mol. The van der Waals surface area contributed by atoms with Crippen LogP contribution in [-0.2, 0) is 11.2 Å². The van der Waals surface area contributed by atoms with Crippen LogP contribution in [0, 0.1) is 13.8 Å². The Balaban J connectivity index is 1.58. The zero-order valence-electron chi connectivity index (χ0n) is 13.1. The fraction of sp³-hybridized carbons (Fsp3) is 0.235. The summed E-state index contributed by atoms with van der Waals surface area (Å²) in [5.41, 5.74) is 4.60. The average Bonchev–Trinajstić information content (AvgIpc) is 3.17. The number of carbonyl (C=O) groups excluding carboxylic acids is 1. The molecule has 3 aromatic rings. The van der Waals surface area contributed by atoms with Gasteiger partial charge < -0.3 is 9.84 Å². The first-order valence-corrected chi connectivity index (χ1v) is 7.45. The van der Waals surface area contributed by atoms with Crippen LogP contribution in [0.2, 0.25) is 0 Å². The van der Waals surface area contributed by atoms with Crippen molar-refractivity contribution in [1.29, 1.82) is 0 Å². The van der Waals surface area contributed by atoms with Gasteiger partial charge in [0.05, 0.1) is 11.4 Å². The van der Waals surface area contributed by atoms with Crippen LogP contribution >= 0.6 is 0 Å². The van der Waals surface area contributed by atoms with Crippen LogP contribution in [0.5, 0.6) is 0 Å². The highest BCUT2D eigenvalue weighted by atomic mass is 16.5. The highest BCUT2D eigenvalue weighted by Crippen LogP contribution is 2.19. The maximum Gasteiger partial charge on any atom is 0.224 e. The normalized spacial score (nSPS) is 10.7. The summed E-state index contributed by atoms with van der Waals surface area (Å²) in [5, 5.41) is 13.6. The van der Waals surface area contributed by atoms with Crippen molar-refractivity contribution in [1.82, 2.24) is 15.4 Å². The number of aromatic amines is 1. The topological polar surface area (TPSA) is 83.8 Å². The second-order valence-electron chi connectivity index (χ2n) is 5.40. The number of nitrogens with one attached hydrogen (secondary N) is 2. The molecule has 0 saturated heterocycles. The quantitative estimate of drug-likeness (QED) is 0.757. The third-order valence-corrected chi connectivity index (χ3v) is 3.76. The maximum absolute atomic E-state index is 12.1. The second-order valence-corrected chi connectivity index (χ2v) is 5.40. The number of H-pyrrole nitrogens is 1. The van der Waals surface area contributed by atoms with Crippen molar-refractivity contribution >= 4 is 11.6 Å². The van der Waals surface area contributed by atoms with Gasteiger partial charge in [0, 0.05) is 23.9 Å². The molecule has 1 amide bonds. The predicted molar refractivity (Wildman–Crippen MR) is 87.0 cm³/mol. The SMILES string of the molecule is Cc1noc(C)c1CCC(=O)Nc1ccc(-c2ccn[nH]2)cc1. The van der Waals surface area contributed by atoms with Crippen LogP contribution in [0.25, 0.3) is 11.3 Å². The number of benzene rings is 1. The molecule has 0 radical (unpaired) electrons. The zero-order chi connectivity index (χ0) is 16.2. The van der Waals surface area contributed by atoms with Crippen molar-refractivity contribution in [2.75, 3.05) is 5.32 Å². The number of aromatic nitrogens is 3. The van der Waals surface area contributed by atoms with Crippen molar-refractivity contribution in [2.45, 2.75) is 26.7 Å². The van der Waals surface area contributed by atoms with Gasteiger partial charge in [0.1, 0.15) is 5.76 Å². The Labute approximate surface area is 133 Å². The summed E-state index contributed by atoms with van der Waals surface area (Å²) in [5.74, 6) is 0.749. The molecule has 0 fully saturated rings. The Morgan fingerprint density at radius 3 is 2.61 bits per heavy atom. The Bertz CT molecular complexity index is 769. The Morgan fingerprint density at radius 1 is 1.22 bits per heavy atom. The number of nitrogens with zero attached hydrogens (tertiary/aromatic N) is 2. The summed E-state index contributed by atoms with van der Waals surface area (Å²) in [4.78, 5) is 12.1. The lowest BCUT2D eigenvalue weighted by molar-refractivity contribution is -0.116. The Morgan fingerprint density at radius 2 is 2.00 bits per heavy atom. The lowest BCUT2D eigenvalue weighted by Gasteiger charge is -2.06. The van der Waals surface area contributed by atoms with Crippen LogP contribution in [0.1, 0.15) is 23.4 Å². The number of hydrogen-bond donors (Lipinski definition) is 2. The van der Waals surface area contributed by atoms with Crippen LogP contribution in [0.4, 0.5) is 5.69 Å². The summed E-state index contributed by atoms with van der Waals surface area (Å²) < 4.78 is 5.10. The minimum Gasteiger partial charge on any atom is -0.361 e. The van der Waals surface area contributed by atoms with E-state index >= 15 is 0 Å². The molecule has 23 heavy (non-hydrogen) atoms. The van der Waals surface area contributed by atoms with Crippen LogP contribution in [0.15, 0.2) is 41.1 Å². The van der Waals surface area contributed by atoms with Gasteiger partial charge in [-0.15, -0.1) is 0 Å². The molecular weight excluding hydrogens is 292 g/mol. The molecule has 2 heterocycles. The smallest absolute Gasteiger partial charge is 0.224 e. The fourth-order valence-electron chi connectivity index (χ4n) is 2.47. The van der Waals surface area contributed by atoms with Crippen LogP contribution in [0.3, 0.4) is 0 Å². The third-order valence-electron chi connectivity index (χ3n) is 3.76. The molecule has 0 spiro atoms. The summed E-state index contributed by atoms with van der Waals surface area (Å²) in [6, 6.07) is 9.54. The minimum absolute atomic E-state index is 0.0284. The first kappa shape index (κ1) is 15.0. The third kappa shape index (κ3) is 3.48. The van der Waals surface area contributed by atoms with Gasteiger partial charge in [-0.25, -0.2) is 0 Å². The molecule has 2 aromatic heterocycles. The molecule has 6 heteroatoms. The fourth-order valence-corrected chi connectivity index (χ4v) is 2.47. The van der Waals surface area contributed by atoms with Gasteiger partial charge in [0.15, 0.2) is 0 Å². The first-order chi connectivity index (χ1) is 11.1. The molecule has 0 aliphatic heterocycles. The molecular formula is C17H18N4O2. The van der Waals surface area contributed by atoms with Gasteiger partial charge in [-0.1, -0.05) is 17.3 Å². The summed E-state index contributed by atoms with van der Waals surface area (Å²) >= 11 is 0. The van der Waals surface area contributed by atoms with E-state index in [0.717, 1.165) is 34.0 Å². The van der Waals surface area contributed by atoms with Crippen LogP contribution < -0.4 is 5.32 Å². The van der Waals surface area contributed by atoms with E-state index in [1.807, 2.05) is 44.2 Å². The van der Waals surface area contributed by atoms with Crippen molar-refractivity contribution in [2.24, 2.45) is 0 Å².